The van der Waals surface area contributed by atoms with Crippen LogP contribution in [0.3, 0.4) is 0 Å². The maximum Gasteiger partial charge on any atom is -0.00199 e. The van der Waals surface area contributed by atoms with Gasteiger partial charge in [-0.2, -0.15) is 0 Å². The summed E-state index contributed by atoms with van der Waals surface area (Å²) < 4.78 is 0. The number of benzene rings is 7. The van der Waals surface area contributed by atoms with Gasteiger partial charge in [-0.3, -0.25) is 0 Å². The van der Waals surface area contributed by atoms with Crippen LogP contribution in [0.25, 0.3) is 65.7 Å². The van der Waals surface area contributed by atoms with Crippen molar-refractivity contribution in [2.24, 2.45) is 0 Å². The van der Waals surface area contributed by atoms with Gasteiger partial charge in [0.2, 0.25) is 0 Å². The van der Waals surface area contributed by atoms with Gasteiger partial charge in [0.15, 0.2) is 0 Å². The van der Waals surface area contributed by atoms with Gasteiger partial charge in [-0.1, -0.05) is 141 Å². The van der Waals surface area contributed by atoms with Crippen molar-refractivity contribution >= 4 is 32.3 Å². The SMILES string of the molecule is CC(C)c1cccc(-c2c3ccccc3c(-c3cc4ccccc4cc3-c3ccccc3)c3ccccc23)c1. The van der Waals surface area contributed by atoms with Crippen molar-refractivity contribution in [2.75, 3.05) is 0 Å². The molecule has 0 aromatic heterocycles. The average Bonchev–Trinajstić information content (AvgIpc) is 2.99. The molecule has 0 atom stereocenters. The lowest BCUT2D eigenvalue weighted by atomic mass is 9.82. The molecule has 0 nitrogen and oxygen atoms in total. The van der Waals surface area contributed by atoms with E-state index >= 15 is 0 Å². The van der Waals surface area contributed by atoms with E-state index in [1.807, 2.05) is 0 Å². The molecular formula is C39H30. The van der Waals surface area contributed by atoms with Crippen molar-refractivity contribution in [2.45, 2.75) is 19.8 Å². The lowest BCUT2D eigenvalue weighted by molar-refractivity contribution is 0.867. The van der Waals surface area contributed by atoms with Crippen LogP contribution in [0.4, 0.5) is 0 Å². The third-order valence-corrected chi connectivity index (χ3v) is 8.01. The fourth-order valence-corrected chi connectivity index (χ4v) is 6.09. The molecule has 7 aromatic rings. The van der Waals surface area contributed by atoms with Crippen molar-refractivity contribution in [3.05, 3.63) is 145 Å². The van der Waals surface area contributed by atoms with E-state index in [9.17, 15) is 0 Å². The number of hydrogen-bond donors (Lipinski definition) is 0. The molecule has 39 heavy (non-hydrogen) atoms. The molecule has 0 fully saturated rings. The quantitative estimate of drug-likeness (QED) is 0.212. The maximum absolute atomic E-state index is 2.39. The Morgan fingerprint density at radius 1 is 0.385 bits per heavy atom. The summed E-state index contributed by atoms with van der Waals surface area (Å²) in [7, 11) is 0. The van der Waals surface area contributed by atoms with Gasteiger partial charge in [-0.05, 0) is 89.3 Å². The summed E-state index contributed by atoms with van der Waals surface area (Å²) >= 11 is 0. The Morgan fingerprint density at radius 2 is 0.872 bits per heavy atom. The van der Waals surface area contributed by atoms with E-state index in [-0.39, 0.29) is 0 Å². The highest BCUT2D eigenvalue weighted by atomic mass is 14.2. The van der Waals surface area contributed by atoms with Crippen molar-refractivity contribution in [1.82, 2.24) is 0 Å². The predicted octanol–water partition coefficient (Wildman–Crippen LogP) is 11.3. The number of fused-ring (bicyclic) bond motifs is 3. The Morgan fingerprint density at radius 3 is 1.46 bits per heavy atom. The molecule has 0 radical (unpaired) electrons. The fraction of sp³-hybridized carbons (Fsp3) is 0.0769. The van der Waals surface area contributed by atoms with Crippen LogP contribution in [0.15, 0.2) is 140 Å². The monoisotopic (exact) mass is 498 g/mol. The summed E-state index contributed by atoms with van der Waals surface area (Å²) in [5.41, 5.74) is 9.03. The second kappa shape index (κ2) is 9.57. The van der Waals surface area contributed by atoms with Gasteiger partial charge in [0.1, 0.15) is 0 Å². The van der Waals surface area contributed by atoms with Gasteiger partial charge in [-0.15, -0.1) is 0 Å². The lowest BCUT2D eigenvalue weighted by Crippen LogP contribution is -1.94. The van der Waals surface area contributed by atoms with E-state index in [2.05, 4.69) is 153 Å². The zero-order valence-corrected chi connectivity index (χ0v) is 22.4. The summed E-state index contributed by atoms with van der Waals surface area (Å²) in [6.45, 7) is 4.53. The minimum atomic E-state index is 0.479. The molecule has 0 saturated heterocycles. The van der Waals surface area contributed by atoms with E-state index in [0.717, 1.165) is 0 Å². The molecule has 0 unspecified atom stereocenters. The van der Waals surface area contributed by atoms with E-state index in [1.54, 1.807) is 0 Å². The number of hydrogen-bond acceptors (Lipinski definition) is 0. The minimum Gasteiger partial charge on any atom is -0.0622 e. The second-order valence-corrected chi connectivity index (χ2v) is 10.7. The molecule has 186 valence electrons. The highest BCUT2D eigenvalue weighted by Crippen LogP contribution is 2.47. The smallest absolute Gasteiger partial charge is 0.00199 e. The second-order valence-electron chi connectivity index (χ2n) is 10.7. The molecule has 0 spiro atoms. The van der Waals surface area contributed by atoms with Crippen LogP contribution in [0.1, 0.15) is 25.3 Å². The molecule has 0 N–H and O–H groups in total. The van der Waals surface area contributed by atoms with Gasteiger partial charge >= 0.3 is 0 Å². The third-order valence-electron chi connectivity index (χ3n) is 8.01. The molecule has 0 aliphatic heterocycles. The van der Waals surface area contributed by atoms with Gasteiger partial charge in [0, 0.05) is 0 Å². The largest absolute Gasteiger partial charge is 0.0622 e. The van der Waals surface area contributed by atoms with E-state index in [4.69, 9.17) is 0 Å². The first kappa shape index (κ1) is 23.4. The lowest BCUT2D eigenvalue weighted by Gasteiger charge is -2.21. The summed E-state index contributed by atoms with van der Waals surface area (Å²) in [6, 6.07) is 51.3. The highest BCUT2D eigenvalue weighted by molar-refractivity contribution is 6.23. The van der Waals surface area contributed by atoms with Crippen LogP contribution in [0.5, 0.6) is 0 Å². The molecule has 0 heterocycles. The van der Waals surface area contributed by atoms with Gasteiger partial charge in [0.25, 0.3) is 0 Å². The van der Waals surface area contributed by atoms with Gasteiger partial charge < -0.3 is 0 Å². The third kappa shape index (κ3) is 4.01. The molecule has 7 aromatic carbocycles. The minimum absolute atomic E-state index is 0.479. The van der Waals surface area contributed by atoms with Crippen molar-refractivity contribution in [3.8, 4) is 33.4 Å². The summed E-state index contributed by atoms with van der Waals surface area (Å²) in [6.07, 6.45) is 0. The Hall–Kier alpha value is -4.68. The summed E-state index contributed by atoms with van der Waals surface area (Å²) in [4.78, 5) is 0. The maximum atomic E-state index is 2.39. The van der Waals surface area contributed by atoms with Crippen LogP contribution in [0, 0.1) is 0 Å². The van der Waals surface area contributed by atoms with Crippen LogP contribution in [-0.2, 0) is 0 Å². The van der Waals surface area contributed by atoms with Crippen LogP contribution in [0.2, 0.25) is 0 Å². The average molecular weight is 499 g/mol. The predicted molar refractivity (Wildman–Crippen MR) is 169 cm³/mol. The molecule has 0 saturated carbocycles. The number of rotatable bonds is 4. The summed E-state index contributed by atoms with van der Waals surface area (Å²) in [5, 5.41) is 7.67. The standard InChI is InChI=1S/C39H30/c1-26(2)28-17-12-18-31(23-28)38-32-19-8-10-21-34(32)39(35-22-11-9-20-33(35)38)37-25-30-16-7-6-15-29(30)24-36(37)27-13-4-3-5-14-27/h3-26H,1-2H3. The summed E-state index contributed by atoms with van der Waals surface area (Å²) in [5.74, 6) is 0.479. The first-order chi connectivity index (χ1) is 19.2. The normalized spacial score (nSPS) is 11.6. The van der Waals surface area contributed by atoms with Crippen LogP contribution < -0.4 is 0 Å². The molecular weight excluding hydrogens is 468 g/mol. The topological polar surface area (TPSA) is 0 Å². The molecule has 0 bridgehead atoms. The van der Waals surface area contributed by atoms with Crippen molar-refractivity contribution in [3.63, 3.8) is 0 Å². The first-order valence-electron chi connectivity index (χ1n) is 13.8. The van der Waals surface area contributed by atoms with Crippen molar-refractivity contribution in [1.29, 1.82) is 0 Å². The van der Waals surface area contributed by atoms with Crippen LogP contribution in [-0.4, -0.2) is 0 Å². The molecule has 0 heteroatoms. The Balaban J connectivity index is 1.64. The Labute approximate surface area is 230 Å². The highest BCUT2D eigenvalue weighted by Gasteiger charge is 2.19. The van der Waals surface area contributed by atoms with E-state index in [1.165, 1.54) is 71.3 Å². The Kier molecular flexibility index (Phi) is 5.75. The zero-order valence-electron chi connectivity index (χ0n) is 22.4. The fourth-order valence-electron chi connectivity index (χ4n) is 6.09. The molecule has 7 rings (SSSR count). The van der Waals surface area contributed by atoms with Crippen LogP contribution >= 0.6 is 0 Å². The van der Waals surface area contributed by atoms with Gasteiger partial charge in [-0.25, -0.2) is 0 Å². The van der Waals surface area contributed by atoms with E-state index in [0.29, 0.717) is 5.92 Å². The van der Waals surface area contributed by atoms with Crippen molar-refractivity contribution < 1.29 is 0 Å². The molecule has 0 amide bonds. The van der Waals surface area contributed by atoms with E-state index < -0.39 is 0 Å². The zero-order chi connectivity index (χ0) is 26.3. The van der Waals surface area contributed by atoms with Gasteiger partial charge in [0.05, 0.1) is 0 Å². The molecule has 0 aliphatic carbocycles. The Bertz CT molecular complexity index is 1920. The molecule has 0 aliphatic rings. The first-order valence-corrected chi connectivity index (χ1v) is 13.8.